The number of carboxylic acids is 1. The van der Waals surface area contributed by atoms with E-state index in [0.29, 0.717) is 13.1 Å². The molecule has 2 N–H and O–H groups in total. The zero-order valence-electron chi connectivity index (χ0n) is 10.5. The van der Waals surface area contributed by atoms with Crippen molar-refractivity contribution in [3.05, 3.63) is 0 Å². The number of carbonyl (C=O) groups excluding carboxylic acids is 1. The number of nitrogens with zero attached hydrogens (tertiary/aromatic N) is 1. The topological polar surface area (TPSA) is 77.8 Å². The van der Waals surface area contributed by atoms with Crippen molar-refractivity contribution in [3.8, 4) is 0 Å². The van der Waals surface area contributed by atoms with E-state index in [4.69, 9.17) is 5.11 Å². The van der Waals surface area contributed by atoms with Gasteiger partial charge in [0.15, 0.2) is 5.60 Å². The highest BCUT2D eigenvalue weighted by Gasteiger charge is 2.40. The molecule has 1 aliphatic heterocycles. The molecule has 5 nitrogen and oxygen atoms in total. The Kier molecular flexibility index (Phi) is 4.51. The summed E-state index contributed by atoms with van der Waals surface area (Å²) in [7, 11) is 0. The van der Waals surface area contributed by atoms with Crippen LogP contribution in [0, 0.1) is 5.92 Å². The lowest BCUT2D eigenvalue weighted by molar-refractivity contribution is -0.166. The van der Waals surface area contributed by atoms with Crippen LogP contribution < -0.4 is 0 Å². The van der Waals surface area contributed by atoms with E-state index >= 15 is 0 Å². The first-order valence-corrected chi connectivity index (χ1v) is 6.19. The highest BCUT2D eigenvalue weighted by Crippen LogP contribution is 2.24. The summed E-state index contributed by atoms with van der Waals surface area (Å²) in [5.74, 6) is -1.08. The fourth-order valence-electron chi connectivity index (χ4n) is 2.21. The van der Waals surface area contributed by atoms with Gasteiger partial charge in [0, 0.05) is 31.8 Å². The number of piperidine rings is 1. The second kappa shape index (κ2) is 5.49. The van der Waals surface area contributed by atoms with Gasteiger partial charge in [-0.2, -0.15) is 0 Å². The maximum absolute atomic E-state index is 12.0. The van der Waals surface area contributed by atoms with Gasteiger partial charge < -0.3 is 15.1 Å². The van der Waals surface area contributed by atoms with Gasteiger partial charge >= 0.3 is 5.97 Å². The number of rotatable bonds is 4. The maximum atomic E-state index is 12.0. The minimum atomic E-state index is -1.65. The van der Waals surface area contributed by atoms with Crippen LogP contribution in [0.25, 0.3) is 0 Å². The van der Waals surface area contributed by atoms with Crippen molar-refractivity contribution < 1.29 is 19.8 Å². The van der Waals surface area contributed by atoms with Crippen LogP contribution in [0.4, 0.5) is 0 Å². The summed E-state index contributed by atoms with van der Waals surface area (Å²) < 4.78 is 0. The van der Waals surface area contributed by atoms with E-state index in [1.165, 1.54) is 0 Å². The van der Waals surface area contributed by atoms with Gasteiger partial charge in [-0.1, -0.05) is 13.8 Å². The zero-order valence-corrected chi connectivity index (χ0v) is 10.5. The number of hydrogen-bond acceptors (Lipinski definition) is 3. The Balaban J connectivity index is 2.58. The standard InChI is InChI=1S/C12H21NO4/c1-3-9(4-2)10(14)13-7-5-12(17,6-8-13)11(15)16/h9,17H,3-8H2,1-2H3,(H,15,16). The summed E-state index contributed by atoms with van der Waals surface area (Å²) in [6.07, 6.45) is 1.84. The molecule has 0 unspecified atom stereocenters. The lowest BCUT2D eigenvalue weighted by Crippen LogP contribution is -2.51. The molecular formula is C12H21NO4. The first kappa shape index (κ1) is 14.0. The van der Waals surface area contributed by atoms with Crippen LogP contribution in [0.3, 0.4) is 0 Å². The molecule has 0 aromatic rings. The number of amides is 1. The van der Waals surface area contributed by atoms with Crippen LogP contribution in [0.1, 0.15) is 39.5 Å². The third-order valence-electron chi connectivity index (χ3n) is 3.64. The van der Waals surface area contributed by atoms with E-state index < -0.39 is 11.6 Å². The quantitative estimate of drug-likeness (QED) is 0.767. The lowest BCUT2D eigenvalue weighted by Gasteiger charge is -2.36. The molecule has 1 rings (SSSR count). The Labute approximate surface area is 101 Å². The van der Waals surface area contributed by atoms with Crippen molar-refractivity contribution in [2.45, 2.75) is 45.1 Å². The van der Waals surface area contributed by atoms with Crippen molar-refractivity contribution in [3.63, 3.8) is 0 Å². The molecule has 0 aromatic carbocycles. The highest BCUT2D eigenvalue weighted by molar-refractivity contribution is 5.80. The van der Waals surface area contributed by atoms with Gasteiger partial charge in [0.25, 0.3) is 0 Å². The number of aliphatic hydroxyl groups is 1. The van der Waals surface area contributed by atoms with Crippen LogP contribution >= 0.6 is 0 Å². The summed E-state index contributed by atoms with van der Waals surface area (Å²) in [6.45, 7) is 4.61. The predicted molar refractivity (Wildman–Crippen MR) is 62.5 cm³/mol. The Bertz CT molecular complexity index is 291. The average Bonchev–Trinajstić information content (AvgIpc) is 2.31. The first-order valence-electron chi connectivity index (χ1n) is 6.19. The molecule has 0 bridgehead atoms. The lowest BCUT2D eigenvalue weighted by atomic mass is 9.90. The summed E-state index contributed by atoms with van der Waals surface area (Å²) in [5.41, 5.74) is -1.65. The second-order valence-electron chi connectivity index (χ2n) is 4.68. The van der Waals surface area contributed by atoms with Crippen LogP contribution in [0.2, 0.25) is 0 Å². The molecule has 1 fully saturated rings. The normalized spacial score (nSPS) is 19.4. The van der Waals surface area contributed by atoms with E-state index in [9.17, 15) is 14.7 Å². The molecule has 98 valence electrons. The Morgan fingerprint density at radius 3 is 2.06 bits per heavy atom. The molecule has 0 spiro atoms. The summed E-state index contributed by atoms with van der Waals surface area (Å²) in [5, 5.41) is 18.6. The molecule has 0 aliphatic carbocycles. The zero-order chi connectivity index (χ0) is 13.1. The Hall–Kier alpha value is -1.10. The third-order valence-corrected chi connectivity index (χ3v) is 3.64. The molecule has 0 atom stereocenters. The average molecular weight is 243 g/mol. The number of aliphatic carboxylic acids is 1. The minimum Gasteiger partial charge on any atom is -0.479 e. The highest BCUT2D eigenvalue weighted by atomic mass is 16.4. The summed E-state index contributed by atoms with van der Waals surface area (Å²) in [6, 6.07) is 0. The molecule has 0 radical (unpaired) electrons. The number of carboxylic acid groups (broad SMARTS) is 1. The van der Waals surface area contributed by atoms with Crippen molar-refractivity contribution in [1.82, 2.24) is 4.90 Å². The summed E-state index contributed by atoms with van der Waals surface area (Å²) in [4.78, 5) is 24.6. The fraction of sp³-hybridized carbons (Fsp3) is 0.833. The van der Waals surface area contributed by atoms with E-state index in [-0.39, 0.29) is 24.7 Å². The van der Waals surface area contributed by atoms with Gasteiger partial charge in [0.05, 0.1) is 0 Å². The molecule has 0 saturated carbocycles. The second-order valence-corrected chi connectivity index (χ2v) is 4.68. The van der Waals surface area contributed by atoms with E-state index in [2.05, 4.69) is 0 Å². The maximum Gasteiger partial charge on any atom is 0.335 e. The Morgan fingerprint density at radius 2 is 1.71 bits per heavy atom. The smallest absolute Gasteiger partial charge is 0.335 e. The van der Waals surface area contributed by atoms with E-state index in [0.717, 1.165) is 12.8 Å². The predicted octanol–water partition coefficient (Wildman–Crippen LogP) is 0.861. The molecular weight excluding hydrogens is 222 g/mol. The van der Waals surface area contributed by atoms with Gasteiger partial charge in [-0.3, -0.25) is 4.79 Å². The number of likely N-dealkylation sites (tertiary alicyclic amines) is 1. The largest absolute Gasteiger partial charge is 0.479 e. The molecule has 17 heavy (non-hydrogen) atoms. The molecule has 0 aromatic heterocycles. The van der Waals surface area contributed by atoms with Crippen LogP contribution in [-0.2, 0) is 9.59 Å². The van der Waals surface area contributed by atoms with E-state index in [1.54, 1.807) is 4.90 Å². The molecule has 5 heteroatoms. The minimum absolute atomic E-state index is 0.0195. The summed E-state index contributed by atoms with van der Waals surface area (Å²) >= 11 is 0. The molecule has 1 saturated heterocycles. The van der Waals surface area contributed by atoms with Gasteiger partial charge in [-0.05, 0) is 12.8 Å². The van der Waals surface area contributed by atoms with Crippen molar-refractivity contribution in [1.29, 1.82) is 0 Å². The molecule has 1 amide bonds. The van der Waals surface area contributed by atoms with Crippen LogP contribution in [0.5, 0.6) is 0 Å². The van der Waals surface area contributed by atoms with Gasteiger partial charge in [-0.25, -0.2) is 4.79 Å². The SMILES string of the molecule is CCC(CC)C(=O)N1CCC(O)(C(=O)O)CC1. The number of hydrogen-bond donors (Lipinski definition) is 2. The molecule has 1 heterocycles. The van der Waals surface area contributed by atoms with Gasteiger partial charge in [0.2, 0.25) is 5.91 Å². The fourth-order valence-corrected chi connectivity index (χ4v) is 2.21. The van der Waals surface area contributed by atoms with E-state index in [1.807, 2.05) is 13.8 Å². The van der Waals surface area contributed by atoms with Gasteiger partial charge in [-0.15, -0.1) is 0 Å². The van der Waals surface area contributed by atoms with Crippen molar-refractivity contribution in [2.24, 2.45) is 5.92 Å². The van der Waals surface area contributed by atoms with Crippen LogP contribution in [-0.4, -0.2) is 45.7 Å². The number of carbonyl (C=O) groups is 2. The monoisotopic (exact) mass is 243 g/mol. The van der Waals surface area contributed by atoms with Crippen molar-refractivity contribution in [2.75, 3.05) is 13.1 Å². The van der Waals surface area contributed by atoms with Crippen molar-refractivity contribution >= 4 is 11.9 Å². The van der Waals surface area contributed by atoms with Gasteiger partial charge in [0.1, 0.15) is 0 Å². The first-order chi connectivity index (χ1) is 7.94. The Morgan fingerprint density at radius 1 is 1.24 bits per heavy atom. The molecule has 1 aliphatic rings. The third kappa shape index (κ3) is 2.97. The van der Waals surface area contributed by atoms with Crippen LogP contribution in [0.15, 0.2) is 0 Å².